The van der Waals surface area contributed by atoms with E-state index in [2.05, 4.69) is 9.97 Å². The van der Waals surface area contributed by atoms with Gasteiger partial charge in [0.25, 0.3) is 0 Å². The molecule has 1 aromatic carbocycles. The van der Waals surface area contributed by atoms with Crippen molar-refractivity contribution >= 4 is 5.91 Å². The molecule has 3 rings (SSSR count). The highest BCUT2D eigenvalue weighted by atomic mass is 16.5. The molecule has 1 amide bonds. The van der Waals surface area contributed by atoms with Crippen LogP contribution in [-0.4, -0.2) is 41.0 Å². The summed E-state index contributed by atoms with van der Waals surface area (Å²) in [6, 6.07) is 7.23. The molecule has 0 aliphatic carbocycles. The van der Waals surface area contributed by atoms with Gasteiger partial charge >= 0.3 is 0 Å². The largest absolute Gasteiger partial charge is 0.493 e. The average Bonchev–Trinajstić information content (AvgIpc) is 3.11. The highest BCUT2D eigenvalue weighted by Gasteiger charge is 2.30. The molecule has 7 heteroatoms. The molecule has 2 heterocycles. The van der Waals surface area contributed by atoms with Crippen LogP contribution in [0.25, 0.3) is 0 Å². The fourth-order valence-electron chi connectivity index (χ4n) is 2.88. The first-order valence-corrected chi connectivity index (χ1v) is 7.85. The number of likely N-dealkylation sites (tertiary alicyclic amines) is 1. The van der Waals surface area contributed by atoms with Crippen LogP contribution in [0.4, 0.5) is 0 Å². The Morgan fingerprint density at radius 2 is 2.12 bits per heavy atom. The number of aromatic nitrogens is 2. The van der Waals surface area contributed by atoms with Crippen LogP contribution in [0.2, 0.25) is 0 Å². The van der Waals surface area contributed by atoms with E-state index in [-0.39, 0.29) is 18.5 Å². The zero-order valence-corrected chi connectivity index (χ0v) is 13.5. The smallest absolute Gasteiger partial charge is 0.238 e. The Hall–Kier alpha value is -2.67. The zero-order valence-electron chi connectivity index (χ0n) is 13.5. The van der Waals surface area contributed by atoms with E-state index >= 15 is 0 Å². The van der Waals surface area contributed by atoms with Gasteiger partial charge in [-0.2, -0.15) is 0 Å². The Balaban J connectivity index is 1.83. The fraction of sp³-hybridized carbons (Fsp3) is 0.353. The van der Waals surface area contributed by atoms with Crippen LogP contribution in [0.3, 0.4) is 0 Å². The van der Waals surface area contributed by atoms with Crippen LogP contribution in [0.1, 0.15) is 24.6 Å². The number of carbonyl (C=O) groups excluding carboxylic acids is 1. The predicted octanol–water partition coefficient (Wildman–Crippen LogP) is 1.90. The number of nitrogens with two attached hydrogens (primary N) is 1. The van der Waals surface area contributed by atoms with E-state index in [9.17, 15) is 4.79 Å². The van der Waals surface area contributed by atoms with Crippen LogP contribution in [0.15, 0.2) is 36.7 Å². The first-order valence-electron chi connectivity index (χ1n) is 7.85. The molecule has 0 saturated carbocycles. The molecule has 7 nitrogen and oxygen atoms in total. The van der Waals surface area contributed by atoms with Gasteiger partial charge in [-0.1, -0.05) is 12.1 Å². The van der Waals surface area contributed by atoms with Gasteiger partial charge in [0.2, 0.25) is 11.8 Å². The van der Waals surface area contributed by atoms with Crippen molar-refractivity contribution in [3.8, 4) is 17.4 Å². The number of amides is 1. The standard InChI is InChI=1S/C17H20N4O3/c1-23-14-6-2-3-7-15(14)24-16-11-19-10-12(20-16)13-5-4-8-21(13)17(22)9-18/h2-3,6-7,10-11,13H,4-5,8-9,18H2,1H3. The molecule has 2 aromatic rings. The third kappa shape index (κ3) is 3.30. The highest BCUT2D eigenvalue weighted by molar-refractivity contribution is 5.78. The van der Waals surface area contributed by atoms with Crippen molar-refractivity contribution in [2.24, 2.45) is 5.73 Å². The molecule has 0 radical (unpaired) electrons. The van der Waals surface area contributed by atoms with E-state index in [0.717, 1.165) is 12.8 Å². The number of hydrogen-bond donors (Lipinski definition) is 1. The number of rotatable bonds is 5. The van der Waals surface area contributed by atoms with Gasteiger partial charge in [0, 0.05) is 6.54 Å². The first-order chi connectivity index (χ1) is 11.7. The Morgan fingerprint density at radius 1 is 1.33 bits per heavy atom. The maximum absolute atomic E-state index is 12.0. The second kappa shape index (κ2) is 7.27. The van der Waals surface area contributed by atoms with E-state index in [1.807, 2.05) is 18.2 Å². The molecular weight excluding hydrogens is 308 g/mol. The average molecular weight is 328 g/mol. The Morgan fingerprint density at radius 3 is 2.88 bits per heavy atom. The fourth-order valence-corrected chi connectivity index (χ4v) is 2.88. The Kier molecular flexibility index (Phi) is 4.90. The quantitative estimate of drug-likeness (QED) is 0.901. The van der Waals surface area contributed by atoms with Gasteiger partial charge in [-0.05, 0) is 25.0 Å². The van der Waals surface area contributed by atoms with Crippen molar-refractivity contribution in [3.05, 3.63) is 42.4 Å². The molecule has 0 spiro atoms. The first kappa shape index (κ1) is 16.2. The minimum atomic E-state index is -0.102. The molecule has 126 valence electrons. The van der Waals surface area contributed by atoms with E-state index in [0.29, 0.717) is 29.6 Å². The normalized spacial score (nSPS) is 16.9. The zero-order chi connectivity index (χ0) is 16.9. The minimum absolute atomic E-state index is 0.00132. The minimum Gasteiger partial charge on any atom is -0.493 e. The molecule has 1 aliphatic heterocycles. The number of hydrogen-bond acceptors (Lipinski definition) is 6. The van der Waals surface area contributed by atoms with E-state index in [4.69, 9.17) is 15.2 Å². The Labute approximate surface area is 140 Å². The summed E-state index contributed by atoms with van der Waals surface area (Å²) in [6.45, 7) is 0.696. The van der Waals surface area contributed by atoms with Crippen LogP contribution >= 0.6 is 0 Å². The predicted molar refractivity (Wildman–Crippen MR) is 87.8 cm³/mol. The lowest BCUT2D eigenvalue weighted by Crippen LogP contribution is -2.35. The maximum atomic E-state index is 12.0. The molecule has 0 bridgehead atoms. The Bertz CT molecular complexity index is 722. The van der Waals surface area contributed by atoms with Crippen LogP contribution in [0.5, 0.6) is 17.4 Å². The molecule has 1 fully saturated rings. The van der Waals surface area contributed by atoms with Crippen molar-refractivity contribution < 1.29 is 14.3 Å². The molecular formula is C17H20N4O3. The van der Waals surface area contributed by atoms with Crippen molar-refractivity contribution in [3.63, 3.8) is 0 Å². The molecule has 1 atom stereocenters. The maximum Gasteiger partial charge on any atom is 0.238 e. The molecule has 24 heavy (non-hydrogen) atoms. The van der Waals surface area contributed by atoms with Crippen molar-refractivity contribution in [2.75, 3.05) is 20.2 Å². The van der Waals surface area contributed by atoms with Crippen molar-refractivity contribution in [1.82, 2.24) is 14.9 Å². The summed E-state index contributed by atoms with van der Waals surface area (Å²) in [7, 11) is 1.58. The number of methoxy groups -OCH3 is 1. The lowest BCUT2D eigenvalue weighted by Gasteiger charge is -2.23. The summed E-state index contributed by atoms with van der Waals surface area (Å²) < 4.78 is 11.1. The van der Waals surface area contributed by atoms with Crippen LogP contribution in [0, 0.1) is 0 Å². The van der Waals surface area contributed by atoms with E-state index in [1.54, 1.807) is 30.5 Å². The molecule has 1 unspecified atom stereocenters. The van der Waals surface area contributed by atoms with Crippen molar-refractivity contribution in [2.45, 2.75) is 18.9 Å². The van der Waals surface area contributed by atoms with Gasteiger partial charge in [0.1, 0.15) is 0 Å². The summed E-state index contributed by atoms with van der Waals surface area (Å²) >= 11 is 0. The van der Waals surface area contributed by atoms with Crippen LogP contribution < -0.4 is 15.2 Å². The SMILES string of the molecule is COc1ccccc1Oc1cncc(C2CCCN2C(=O)CN)n1. The van der Waals surface area contributed by atoms with Gasteiger partial charge < -0.3 is 20.1 Å². The van der Waals surface area contributed by atoms with E-state index < -0.39 is 0 Å². The molecule has 2 N–H and O–H groups in total. The number of carbonyl (C=O) groups is 1. The number of ether oxygens (including phenoxy) is 2. The molecule has 1 saturated heterocycles. The summed E-state index contributed by atoms with van der Waals surface area (Å²) in [5, 5.41) is 0. The summed E-state index contributed by atoms with van der Waals surface area (Å²) in [5.41, 5.74) is 6.20. The number of benzene rings is 1. The summed E-state index contributed by atoms with van der Waals surface area (Å²) in [6.07, 6.45) is 4.98. The number of nitrogens with zero attached hydrogens (tertiary/aromatic N) is 3. The monoisotopic (exact) mass is 328 g/mol. The number of para-hydroxylation sites is 2. The van der Waals surface area contributed by atoms with Crippen molar-refractivity contribution in [1.29, 1.82) is 0 Å². The highest BCUT2D eigenvalue weighted by Crippen LogP contribution is 2.33. The van der Waals surface area contributed by atoms with Gasteiger partial charge in [0.05, 0.1) is 37.8 Å². The van der Waals surface area contributed by atoms with Gasteiger partial charge in [-0.25, -0.2) is 4.98 Å². The second-order valence-electron chi connectivity index (χ2n) is 5.48. The topological polar surface area (TPSA) is 90.6 Å². The third-order valence-electron chi connectivity index (χ3n) is 4.00. The third-order valence-corrected chi connectivity index (χ3v) is 4.00. The lowest BCUT2D eigenvalue weighted by molar-refractivity contribution is -0.130. The van der Waals surface area contributed by atoms with Gasteiger partial charge in [-0.15, -0.1) is 0 Å². The molecule has 1 aromatic heterocycles. The molecule has 1 aliphatic rings. The van der Waals surface area contributed by atoms with E-state index in [1.165, 1.54) is 0 Å². The summed E-state index contributed by atoms with van der Waals surface area (Å²) in [4.78, 5) is 22.4. The lowest BCUT2D eigenvalue weighted by atomic mass is 10.1. The van der Waals surface area contributed by atoms with Gasteiger partial charge in [0.15, 0.2) is 11.5 Å². The summed E-state index contributed by atoms with van der Waals surface area (Å²) in [5.74, 6) is 1.47. The van der Waals surface area contributed by atoms with Crippen LogP contribution in [-0.2, 0) is 4.79 Å². The second-order valence-corrected chi connectivity index (χ2v) is 5.48. The van der Waals surface area contributed by atoms with Gasteiger partial charge in [-0.3, -0.25) is 9.78 Å².